The second-order valence-corrected chi connectivity index (χ2v) is 10.3. The molecule has 0 aliphatic rings. The number of hydrogen-bond donors (Lipinski definition) is 4. The smallest absolute Gasteiger partial charge is 0.298 e. The standard InChI is InChI=1S/C24H20N2O8S2/c25-16-11-9-15(10-12-16)17-13-14-18(26)24(34-20-6-2-4-8-22(20)36(30,31)32)23(17)33-19-5-1-3-7-21(19)35(27,28)29/h1-14H,25-26H2,(H,27,28,29)(H,30,31,32). The summed E-state index contributed by atoms with van der Waals surface area (Å²) in [6.45, 7) is 0. The fourth-order valence-electron chi connectivity index (χ4n) is 3.39. The molecule has 0 aromatic heterocycles. The lowest BCUT2D eigenvalue weighted by Crippen LogP contribution is -2.05. The quantitative estimate of drug-likeness (QED) is 0.196. The molecule has 4 aromatic rings. The van der Waals surface area contributed by atoms with Crippen molar-refractivity contribution in [3.63, 3.8) is 0 Å². The van der Waals surface area contributed by atoms with Crippen LogP contribution in [0.2, 0.25) is 0 Å². The van der Waals surface area contributed by atoms with Crippen molar-refractivity contribution >= 4 is 31.6 Å². The zero-order valence-corrected chi connectivity index (χ0v) is 20.0. The van der Waals surface area contributed by atoms with Crippen LogP contribution in [-0.4, -0.2) is 25.9 Å². The van der Waals surface area contributed by atoms with E-state index in [0.717, 1.165) is 12.1 Å². The normalized spacial score (nSPS) is 11.7. The molecule has 0 fully saturated rings. The highest BCUT2D eigenvalue weighted by Gasteiger charge is 2.24. The number of nitrogens with two attached hydrogens (primary N) is 2. The van der Waals surface area contributed by atoms with Gasteiger partial charge in [-0.3, -0.25) is 9.11 Å². The maximum absolute atomic E-state index is 11.9. The average molecular weight is 529 g/mol. The highest BCUT2D eigenvalue weighted by Crippen LogP contribution is 2.47. The van der Waals surface area contributed by atoms with Crippen LogP contribution >= 0.6 is 0 Å². The minimum Gasteiger partial charge on any atom is -0.451 e. The van der Waals surface area contributed by atoms with E-state index in [1.54, 1.807) is 30.3 Å². The van der Waals surface area contributed by atoms with Crippen LogP contribution in [0, 0.1) is 0 Å². The molecule has 0 saturated carbocycles. The molecule has 0 bridgehead atoms. The van der Waals surface area contributed by atoms with Gasteiger partial charge in [-0.1, -0.05) is 36.4 Å². The third-order valence-electron chi connectivity index (χ3n) is 5.04. The summed E-state index contributed by atoms with van der Waals surface area (Å²) in [7, 11) is -9.33. The number of rotatable bonds is 7. The first-order valence-electron chi connectivity index (χ1n) is 10.2. The van der Waals surface area contributed by atoms with E-state index in [4.69, 9.17) is 20.9 Å². The molecular formula is C24H20N2O8S2. The lowest BCUT2D eigenvalue weighted by atomic mass is 10.0. The Morgan fingerprint density at radius 1 is 0.583 bits per heavy atom. The molecule has 36 heavy (non-hydrogen) atoms. The van der Waals surface area contributed by atoms with Gasteiger partial charge in [0.1, 0.15) is 21.3 Å². The van der Waals surface area contributed by atoms with Crippen LogP contribution in [0.5, 0.6) is 23.0 Å². The van der Waals surface area contributed by atoms with Crippen LogP contribution in [0.1, 0.15) is 0 Å². The number of benzene rings is 4. The lowest BCUT2D eigenvalue weighted by Gasteiger charge is -2.20. The molecule has 0 aliphatic carbocycles. The molecule has 6 N–H and O–H groups in total. The number of ether oxygens (including phenoxy) is 2. The summed E-state index contributed by atoms with van der Waals surface area (Å²) in [5.41, 5.74) is 13.4. The van der Waals surface area contributed by atoms with Crippen molar-refractivity contribution in [2.75, 3.05) is 11.5 Å². The molecule has 0 spiro atoms. The fraction of sp³-hybridized carbons (Fsp3) is 0. The highest BCUT2D eigenvalue weighted by atomic mass is 32.2. The van der Waals surface area contributed by atoms with Gasteiger partial charge in [0.05, 0.1) is 5.69 Å². The van der Waals surface area contributed by atoms with Crippen LogP contribution in [0.4, 0.5) is 11.4 Å². The first-order chi connectivity index (χ1) is 16.9. The van der Waals surface area contributed by atoms with Gasteiger partial charge in [-0.15, -0.1) is 0 Å². The van der Waals surface area contributed by atoms with E-state index in [1.165, 1.54) is 42.5 Å². The van der Waals surface area contributed by atoms with Crippen molar-refractivity contribution in [3.8, 4) is 34.1 Å². The monoisotopic (exact) mass is 528 g/mol. The van der Waals surface area contributed by atoms with Gasteiger partial charge in [-0.2, -0.15) is 16.8 Å². The molecular weight excluding hydrogens is 508 g/mol. The third-order valence-corrected chi connectivity index (χ3v) is 6.83. The zero-order chi connectivity index (χ0) is 26.1. The van der Waals surface area contributed by atoms with Crippen LogP contribution in [-0.2, 0) is 20.2 Å². The van der Waals surface area contributed by atoms with Crippen molar-refractivity contribution in [1.82, 2.24) is 0 Å². The summed E-state index contributed by atoms with van der Waals surface area (Å²) in [5, 5.41) is 0. The molecule has 0 aliphatic heterocycles. The minimum absolute atomic E-state index is 0.0127. The molecule has 0 radical (unpaired) electrons. The van der Waals surface area contributed by atoms with Crippen molar-refractivity contribution in [2.45, 2.75) is 9.79 Å². The number of para-hydroxylation sites is 2. The summed E-state index contributed by atoms with van der Waals surface area (Å²) in [6, 6.07) is 20.4. The predicted octanol–water partition coefficient (Wildman–Crippen LogP) is 4.60. The number of anilines is 2. The van der Waals surface area contributed by atoms with Crippen molar-refractivity contribution < 1.29 is 35.4 Å². The van der Waals surface area contributed by atoms with Crippen LogP contribution in [0.25, 0.3) is 11.1 Å². The first kappa shape index (κ1) is 25.0. The van der Waals surface area contributed by atoms with Gasteiger partial charge >= 0.3 is 0 Å². The fourth-order valence-corrected chi connectivity index (χ4v) is 4.62. The van der Waals surface area contributed by atoms with E-state index in [9.17, 15) is 25.9 Å². The largest absolute Gasteiger partial charge is 0.451 e. The average Bonchev–Trinajstić information content (AvgIpc) is 2.81. The molecule has 0 amide bonds. The molecule has 186 valence electrons. The molecule has 0 unspecified atom stereocenters. The van der Waals surface area contributed by atoms with Gasteiger partial charge in [0, 0.05) is 11.3 Å². The van der Waals surface area contributed by atoms with E-state index >= 15 is 0 Å². The number of hydrogen-bond acceptors (Lipinski definition) is 8. The van der Waals surface area contributed by atoms with Crippen molar-refractivity contribution in [2.24, 2.45) is 0 Å². The minimum atomic E-state index is -4.67. The van der Waals surface area contributed by atoms with Crippen molar-refractivity contribution in [3.05, 3.63) is 84.9 Å². The Morgan fingerprint density at radius 2 is 1.06 bits per heavy atom. The zero-order valence-electron chi connectivity index (χ0n) is 18.4. The van der Waals surface area contributed by atoms with Gasteiger partial charge in [0.2, 0.25) is 0 Å². The van der Waals surface area contributed by atoms with E-state index < -0.39 is 30.0 Å². The Balaban J connectivity index is 1.97. The Bertz CT molecular complexity index is 1650. The lowest BCUT2D eigenvalue weighted by molar-refractivity contribution is 0.403. The second-order valence-electron chi connectivity index (χ2n) is 7.53. The maximum atomic E-state index is 11.9. The van der Waals surface area contributed by atoms with Crippen molar-refractivity contribution in [1.29, 1.82) is 0 Å². The summed E-state index contributed by atoms with van der Waals surface area (Å²) in [6.07, 6.45) is 0. The molecule has 0 saturated heterocycles. The SMILES string of the molecule is Nc1ccc(-c2ccc(N)c(Oc3ccccc3S(=O)(=O)O)c2Oc2ccccc2S(=O)(=O)O)cc1. The van der Waals surface area contributed by atoms with Gasteiger partial charge in [-0.05, 0) is 54.1 Å². The second kappa shape index (κ2) is 9.51. The molecule has 4 rings (SSSR count). The van der Waals surface area contributed by atoms with Gasteiger partial charge in [-0.25, -0.2) is 0 Å². The van der Waals surface area contributed by atoms with E-state index in [-0.39, 0.29) is 28.7 Å². The predicted molar refractivity (Wildman–Crippen MR) is 133 cm³/mol. The Morgan fingerprint density at radius 3 is 1.56 bits per heavy atom. The summed E-state index contributed by atoms with van der Waals surface area (Å²) < 4.78 is 78.8. The first-order valence-corrected chi connectivity index (χ1v) is 13.1. The Hall–Kier alpha value is -4.10. The molecule has 0 atom stereocenters. The third kappa shape index (κ3) is 5.26. The molecule has 0 heterocycles. The molecule has 4 aromatic carbocycles. The van der Waals surface area contributed by atoms with Crippen LogP contribution < -0.4 is 20.9 Å². The molecule has 12 heteroatoms. The maximum Gasteiger partial charge on any atom is 0.298 e. The number of nitrogen functional groups attached to an aromatic ring is 2. The van der Waals surface area contributed by atoms with Crippen LogP contribution in [0.15, 0.2) is 94.7 Å². The van der Waals surface area contributed by atoms with E-state index in [2.05, 4.69) is 0 Å². The Kier molecular flexibility index (Phi) is 6.61. The van der Waals surface area contributed by atoms with E-state index in [0.29, 0.717) is 16.8 Å². The van der Waals surface area contributed by atoms with Gasteiger partial charge in [0.15, 0.2) is 11.5 Å². The summed E-state index contributed by atoms with van der Waals surface area (Å²) in [5.74, 6) is -0.740. The topological polar surface area (TPSA) is 179 Å². The van der Waals surface area contributed by atoms with Crippen LogP contribution in [0.3, 0.4) is 0 Å². The van der Waals surface area contributed by atoms with E-state index in [1.807, 2.05) is 0 Å². The Labute approximate surface area is 207 Å². The highest BCUT2D eigenvalue weighted by molar-refractivity contribution is 7.86. The summed E-state index contributed by atoms with van der Waals surface area (Å²) in [4.78, 5) is -1.04. The van der Waals surface area contributed by atoms with Gasteiger partial charge < -0.3 is 20.9 Å². The molecule has 10 nitrogen and oxygen atoms in total. The van der Waals surface area contributed by atoms with Gasteiger partial charge in [0.25, 0.3) is 20.2 Å². The summed E-state index contributed by atoms with van der Waals surface area (Å²) >= 11 is 0.